The molecule has 0 amide bonds. The predicted octanol–water partition coefficient (Wildman–Crippen LogP) is 2.73. The third kappa shape index (κ3) is 1.83. The second-order valence-corrected chi connectivity index (χ2v) is 4.29. The Kier molecular flexibility index (Phi) is 2.64. The van der Waals surface area contributed by atoms with Crippen LogP contribution >= 0.6 is 0 Å². The van der Waals surface area contributed by atoms with Crippen LogP contribution in [0.3, 0.4) is 0 Å². The molecule has 0 bridgehead atoms. The molecule has 0 aromatic heterocycles. The van der Waals surface area contributed by atoms with Crippen molar-refractivity contribution in [3.63, 3.8) is 0 Å². The lowest BCUT2D eigenvalue weighted by molar-refractivity contribution is 0.615. The van der Waals surface area contributed by atoms with Crippen molar-refractivity contribution in [3.05, 3.63) is 29.8 Å². The van der Waals surface area contributed by atoms with Gasteiger partial charge in [0, 0.05) is 18.3 Å². The highest BCUT2D eigenvalue weighted by molar-refractivity contribution is 5.49. The molecule has 2 nitrogen and oxygen atoms in total. The van der Waals surface area contributed by atoms with Gasteiger partial charge in [-0.05, 0) is 32.4 Å². The summed E-state index contributed by atoms with van der Waals surface area (Å²) >= 11 is 0. The molecule has 1 aliphatic rings. The molecule has 0 radical (unpaired) electrons. The van der Waals surface area contributed by atoms with Gasteiger partial charge in [-0.25, -0.2) is 0 Å². The van der Waals surface area contributed by atoms with Gasteiger partial charge in [-0.3, -0.25) is 0 Å². The minimum absolute atomic E-state index is 0.186. The molecule has 0 N–H and O–H groups in total. The first-order valence-electron chi connectivity index (χ1n) is 5.45. The molecule has 1 fully saturated rings. The number of rotatable bonds is 1. The van der Waals surface area contributed by atoms with Crippen molar-refractivity contribution in [2.24, 2.45) is 5.92 Å². The van der Waals surface area contributed by atoms with Gasteiger partial charge in [0.25, 0.3) is 0 Å². The van der Waals surface area contributed by atoms with Crippen molar-refractivity contribution in [1.82, 2.24) is 0 Å². The van der Waals surface area contributed by atoms with Crippen LogP contribution in [0.4, 0.5) is 5.69 Å². The largest absolute Gasteiger partial charge is 0.367 e. The first kappa shape index (κ1) is 10.0. The fraction of sp³-hybridized carbons (Fsp3) is 0.462. The minimum atomic E-state index is 0.186. The lowest BCUT2D eigenvalue weighted by Crippen LogP contribution is -2.29. The van der Waals surface area contributed by atoms with Gasteiger partial charge in [-0.15, -0.1) is 0 Å². The zero-order valence-electron chi connectivity index (χ0n) is 9.27. The molecule has 0 aliphatic carbocycles. The SMILES string of the molecule is Cc1ccc(N2CCC(C#N)C2C)cc1. The lowest BCUT2D eigenvalue weighted by atomic mass is 10.0. The van der Waals surface area contributed by atoms with Gasteiger partial charge in [0.2, 0.25) is 0 Å². The van der Waals surface area contributed by atoms with Crippen LogP contribution in [-0.4, -0.2) is 12.6 Å². The van der Waals surface area contributed by atoms with Crippen LogP contribution in [0, 0.1) is 24.2 Å². The van der Waals surface area contributed by atoms with Crippen molar-refractivity contribution in [2.45, 2.75) is 26.3 Å². The van der Waals surface area contributed by atoms with Crippen molar-refractivity contribution in [3.8, 4) is 6.07 Å². The summed E-state index contributed by atoms with van der Waals surface area (Å²) in [5.41, 5.74) is 2.52. The zero-order valence-corrected chi connectivity index (χ0v) is 9.27. The molecule has 1 saturated heterocycles. The van der Waals surface area contributed by atoms with Crippen molar-refractivity contribution in [2.75, 3.05) is 11.4 Å². The molecule has 1 heterocycles. The van der Waals surface area contributed by atoms with E-state index in [9.17, 15) is 0 Å². The van der Waals surface area contributed by atoms with Gasteiger partial charge in [-0.1, -0.05) is 17.7 Å². The Balaban J connectivity index is 2.19. The monoisotopic (exact) mass is 200 g/mol. The van der Waals surface area contributed by atoms with Gasteiger partial charge in [0.05, 0.1) is 12.0 Å². The Morgan fingerprint density at radius 1 is 1.33 bits per heavy atom. The van der Waals surface area contributed by atoms with E-state index in [-0.39, 0.29) is 5.92 Å². The minimum Gasteiger partial charge on any atom is -0.367 e. The average Bonchev–Trinajstić information content (AvgIpc) is 2.61. The molecule has 1 aromatic rings. The maximum absolute atomic E-state index is 8.97. The maximum atomic E-state index is 8.97. The lowest BCUT2D eigenvalue weighted by Gasteiger charge is -2.24. The number of hydrogen-bond donors (Lipinski definition) is 0. The number of aryl methyl sites for hydroxylation is 1. The number of benzene rings is 1. The Bertz CT molecular complexity index is 375. The van der Waals surface area contributed by atoms with Crippen LogP contribution in [0.5, 0.6) is 0 Å². The Labute approximate surface area is 91.1 Å². The first-order chi connectivity index (χ1) is 7.22. The van der Waals surface area contributed by atoms with Crippen LogP contribution in [0.15, 0.2) is 24.3 Å². The molecule has 78 valence electrons. The summed E-state index contributed by atoms with van der Waals surface area (Å²) in [4.78, 5) is 2.33. The predicted molar refractivity (Wildman–Crippen MR) is 61.7 cm³/mol. The highest BCUT2D eigenvalue weighted by atomic mass is 15.2. The smallest absolute Gasteiger partial charge is 0.0681 e. The second kappa shape index (κ2) is 3.94. The summed E-state index contributed by atoms with van der Waals surface area (Å²) in [5, 5.41) is 8.97. The van der Waals surface area contributed by atoms with Crippen LogP contribution in [0.25, 0.3) is 0 Å². The Hall–Kier alpha value is -1.49. The van der Waals surface area contributed by atoms with Gasteiger partial charge < -0.3 is 4.90 Å². The van der Waals surface area contributed by atoms with Gasteiger partial charge in [0.15, 0.2) is 0 Å². The van der Waals surface area contributed by atoms with Crippen molar-refractivity contribution < 1.29 is 0 Å². The zero-order chi connectivity index (χ0) is 10.8. The highest BCUT2D eigenvalue weighted by Gasteiger charge is 2.30. The third-order valence-electron chi connectivity index (χ3n) is 3.29. The molecule has 15 heavy (non-hydrogen) atoms. The summed E-state index contributed by atoms with van der Waals surface area (Å²) < 4.78 is 0. The molecule has 2 atom stereocenters. The number of nitriles is 1. The van der Waals surface area contributed by atoms with Crippen LogP contribution in [0.2, 0.25) is 0 Å². The van der Waals surface area contributed by atoms with Crippen molar-refractivity contribution in [1.29, 1.82) is 5.26 Å². The second-order valence-electron chi connectivity index (χ2n) is 4.29. The fourth-order valence-electron chi connectivity index (χ4n) is 2.21. The van der Waals surface area contributed by atoms with Crippen LogP contribution in [-0.2, 0) is 0 Å². The van der Waals surface area contributed by atoms with E-state index in [1.165, 1.54) is 11.3 Å². The molecular weight excluding hydrogens is 184 g/mol. The summed E-state index contributed by atoms with van der Waals surface area (Å²) in [5.74, 6) is 0.186. The summed E-state index contributed by atoms with van der Waals surface area (Å²) in [7, 11) is 0. The van der Waals surface area contributed by atoms with Gasteiger partial charge in [0.1, 0.15) is 0 Å². The van der Waals surface area contributed by atoms with E-state index in [1.54, 1.807) is 0 Å². The molecule has 1 aromatic carbocycles. The van der Waals surface area contributed by atoms with E-state index < -0.39 is 0 Å². The van der Waals surface area contributed by atoms with Crippen LogP contribution < -0.4 is 4.90 Å². The average molecular weight is 200 g/mol. The van der Waals surface area contributed by atoms with E-state index in [4.69, 9.17) is 5.26 Å². The van der Waals surface area contributed by atoms with E-state index in [0.29, 0.717) is 6.04 Å². The number of hydrogen-bond acceptors (Lipinski definition) is 2. The summed E-state index contributed by atoms with van der Waals surface area (Å²) in [6.07, 6.45) is 0.992. The van der Waals surface area contributed by atoms with E-state index in [1.807, 2.05) is 0 Å². The summed E-state index contributed by atoms with van der Waals surface area (Å²) in [6.45, 7) is 5.23. The maximum Gasteiger partial charge on any atom is 0.0681 e. The highest BCUT2D eigenvalue weighted by Crippen LogP contribution is 2.29. The quantitative estimate of drug-likeness (QED) is 0.697. The normalized spacial score (nSPS) is 25.3. The fourth-order valence-corrected chi connectivity index (χ4v) is 2.21. The van der Waals surface area contributed by atoms with E-state index in [0.717, 1.165) is 13.0 Å². The molecule has 0 spiro atoms. The van der Waals surface area contributed by atoms with Crippen molar-refractivity contribution >= 4 is 5.69 Å². The summed E-state index contributed by atoms with van der Waals surface area (Å²) in [6, 6.07) is 11.3. The Morgan fingerprint density at radius 2 is 2.00 bits per heavy atom. The molecule has 1 aliphatic heterocycles. The molecule has 2 unspecified atom stereocenters. The number of anilines is 1. The third-order valence-corrected chi connectivity index (χ3v) is 3.29. The van der Waals surface area contributed by atoms with Crippen LogP contribution in [0.1, 0.15) is 18.9 Å². The Morgan fingerprint density at radius 3 is 2.53 bits per heavy atom. The molecule has 2 heteroatoms. The first-order valence-corrected chi connectivity index (χ1v) is 5.45. The van der Waals surface area contributed by atoms with Gasteiger partial charge in [-0.2, -0.15) is 5.26 Å². The number of nitrogens with zero attached hydrogens (tertiary/aromatic N) is 2. The molecule has 0 saturated carbocycles. The van der Waals surface area contributed by atoms with E-state index in [2.05, 4.69) is 49.1 Å². The standard InChI is InChI=1S/C13H16N2/c1-10-3-5-13(6-4-10)15-8-7-12(9-14)11(15)2/h3-6,11-12H,7-8H2,1-2H3. The van der Waals surface area contributed by atoms with Gasteiger partial charge >= 0.3 is 0 Å². The topological polar surface area (TPSA) is 27.0 Å². The molecule has 2 rings (SSSR count). The van der Waals surface area contributed by atoms with E-state index >= 15 is 0 Å². The molecular formula is C13H16N2.